The van der Waals surface area contributed by atoms with Crippen molar-refractivity contribution in [2.45, 2.75) is 37.6 Å². The van der Waals surface area contributed by atoms with E-state index in [-0.39, 0.29) is 11.7 Å². The summed E-state index contributed by atoms with van der Waals surface area (Å²) < 4.78 is 5.17. The number of H-pyrrole nitrogens is 1. The molecule has 5 rings (SSSR count). The van der Waals surface area contributed by atoms with E-state index in [4.69, 9.17) is 4.42 Å². The minimum atomic E-state index is -0.766. The predicted molar refractivity (Wildman–Crippen MR) is 121 cm³/mol. The Morgan fingerprint density at radius 3 is 2.66 bits per heavy atom. The summed E-state index contributed by atoms with van der Waals surface area (Å²) in [5.41, 5.74) is 3.37. The molecule has 32 heavy (non-hydrogen) atoms. The van der Waals surface area contributed by atoms with E-state index in [1.54, 1.807) is 12.1 Å². The first-order valence-corrected chi connectivity index (χ1v) is 10.8. The zero-order valence-corrected chi connectivity index (χ0v) is 17.5. The fraction of sp³-hybridized carbons (Fsp3) is 0.240. The highest BCUT2D eigenvalue weighted by molar-refractivity contribution is 6.01. The molecule has 0 bridgehead atoms. The quantitative estimate of drug-likeness (QED) is 0.406. The van der Waals surface area contributed by atoms with Gasteiger partial charge in [-0.15, -0.1) is 0 Å². The third kappa shape index (κ3) is 4.27. The molecule has 1 aliphatic rings. The minimum Gasteiger partial charge on any atom is -0.459 e. The molecule has 7 nitrogen and oxygen atoms in total. The van der Waals surface area contributed by atoms with Gasteiger partial charge in [-0.05, 0) is 48.7 Å². The van der Waals surface area contributed by atoms with Crippen LogP contribution in [0, 0.1) is 0 Å². The molecule has 1 fully saturated rings. The maximum atomic E-state index is 13.1. The van der Waals surface area contributed by atoms with Gasteiger partial charge in [-0.25, -0.2) is 4.98 Å². The number of furan rings is 1. The normalized spacial score (nSPS) is 14.6. The van der Waals surface area contributed by atoms with Crippen LogP contribution in [0.1, 0.15) is 47.1 Å². The molecule has 0 saturated heterocycles. The van der Waals surface area contributed by atoms with Crippen LogP contribution >= 0.6 is 0 Å². The second kappa shape index (κ2) is 8.70. The topological polar surface area (TPSA) is 100 Å². The lowest BCUT2D eigenvalue weighted by molar-refractivity contribution is -0.118. The molecule has 0 aliphatic heterocycles. The zero-order valence-electron chi connectivity index (χ0n) is 17.5. The van der Waals surface area contributed by atoms with Crippen molar-refractivity contribution in [1.82, 2.24) is 15.3 Å². The van der Waals surface area contributed by atoms with Crippen molar-refractivity contribution in [2.75, 3.05) is 5.32 Å². The molecule has 1 saturated carbocycles. The highest BCUT2D eigenvalue weighted by Gasteiger charge is 2.24. The number of rotatable bonds is 7. The fourth-order valence-electron chi connectivity index (χ4n) is 3.91. The number of carbonyl (C=O) groups excluding carboxylic acids is 2. The van der Waals surface area contributed by atoms with Crippen molar-refractivity contribution < 1.29 is 14.0 Å². The molecular weight excluding hydrogens is 404 g/mol. The van der Waals surface area contributed by atoms with E-state index in [9.17, 15) is 9.59 Å². The lowest BCUT2D eigenvalue weighted by Crippen LogP contribution is -2.45. The van der Waals surface area contributed by atoms with Crippen molar-refractivity contribution in [3.63, 3.8) is 0 Å². The molecule has 7 heteroatoms. The SMILES string of the molecule is O=C(NC(Cc1ccccc1)C(=O)Nc1ccc2nc(C3CCC3)[nH]c2c1)c1ccco1. The van der Waals surface area contributed by atoms with Gasteiger partial charge in [0.05, 0.1) is 17.3 Å². The number of aromatic nitrogens is 2. The molecule has 4 aromatic rings. The second-order valence-corrected chi connectivity index (χ2v) is 8.16. The summed E-state index contributed by atoms with van der Waals surface area (Å²) in [6.45, 7) is 0. The van der Waals surface area contributed by atoms with E-state index >= 15 is 0 Å². The van der Waals surface area contributed by atoms with E-state index in [0.717, 1.165) is 22.4 Å². The molecule has 3 N–H and O–H groups in total. The van der Waals surface area contributed by atoms with Gasteiger partial charge in [-0.3, -0.25) is 9.59 Å². The molecule has 2 amide bonds. The molecular formula is C25H24N4O3. The molecule has 2 aromatic heterocycles. The molecule has 2 heterocycles. The summed E-state index contributed by atoms with van der Waals surface area (Å²) in [5.74, 6) is 0.959. The van der Waals surface area contributed by atoms with Gasteiger partial charge in [-0.1, -0.05) is 36.8 Å². The van der Waals surface area contributed by atoms with Crippen LogP contribution < -0.4 is 10.6 Å². The average Bonchev–Trinajstić information content (AvgIpc) is 3.42. The van der Waals surface area contributed by atoms with Crippen molar-refractivity contribution >= 4 is 28.5 Å². The summed E-state index contributed by atoms with van der Waals surface area (Å²) >= 11 is 0. The molecule has 1 atom stereocenters. The van der Waals surface area contributed by atoms with Crippen LogP contribution in [0.25, 0.3) is 11.0 Å². The third-order valence-corrected chi connectivity index (χ3v) is 5.91. The van der Waals surface area contributed by atoms with E-state index in [1.807, 2.05) is 48.5 Å². The van der Waals surface area contributed by atoms with Crippen LogP contribution in [0.15, 0.2) is 71.3 Å². The maximum Gasteiger partial charge on any atom is 0.287 e. The van der Waals surface area contributed by atoms with E-state index < -0.39 is 11.9 Å². The number of nitrogens with one attached hydrogen (secondary N) is 3. The third-order valence-electron chi connectivity index (χ3n) is 5.91. The van der Waals surface area contributed by atoms with Gasteiger partial charge in [0, 0.05) is 18.0 Å². The Morgan fingerprint density at radius 1 is 1.09 bits per heavy atom. The number of fused-ring (bicyclic) bond motifs is 1. The van der Waals surface area contributed by atoms with Gasteiger partial charge in [0.2, 0.25) is 5.91 Å². The van der Waals surface area contributed by atoms with Gasteiger partial charge in [0.1, 0.15) is 11.9 Å². The maximum absolute atomic E-state index is 13.1. The van der Waals surface area contributed by atoms with Gasteiger partial charge in [-0.2, -0.15) is 0 Å². The van der Waals surface area contributed by atoms with Crippen molar-refractivity contribution in [3.8, 4) is 0 Å². The summed E-state index contributed by atoms with van der Waals surface area (Å²) in [4.78, 5) is 33.7. The highest BCUT2D eigenvalue weighted by atomic mass is 16.3. The molecule has 162 valence electrons. The number of hydrogen-bond acceptors (Lipinski definition) is 4. The second-order valence-electron chi connectivity index (χ2n) is 8.16. The Kier molecular flexibility index (Phi) is 5.46. The first kappa shape index (κ1) is 20.1. The zero-order chi connectivity index (χ0) is 21.9. The van der Waals surface area contributed by atoms with E-state index in [2.05, 4.69) is 20.6 Å². The standard InChI is InChI=1S/C25H24N4O3/c30-24(26-18-11-12-19-20(15-18)28-23(27-19)17-8-4-9-17)21(14-16-6-2-1-3-7-16)29-25(31)22-10-5-13-32-22/h1-3,5-7,10-13,15,17,21H,4,8-9,14H2,(H,26,30)(H,27,28)(H,29,31). The van der Waals surface area contributed by atoms with Crippen LogP contribution in [-0.4, -0.2) is 27.8 Å². The number of anilines is 1. The van der Waals surface area contributed by atoms with Crippen LogP contribution in [0.2, 0.25) is 0 Å². The number of aromatic amines is 1. The molecule has 2 aromatic carbocycles. The largest absolute Gasteiger partial charge is 0.459 e. The lowest BCUT2D eigenvalue weighted by Gasteiger charge is -2.22. The van der Waals surface area contributed by atoms with E-state index in [0.29, 0.717) is 18.0 Å². The van der Waals surface area contributed by atoms with E-state index in [1.165, 1.54) is 25.5 Å². The average molecular weight is 428 g/mol. The Hall–Kier alpha value is -3.87. The van der Waals surface area contributed by atoms with Gasteiger partial charge in [0.15, 0.2) is 5.76 Å². The summed E-state index contributed by atoms with van der Waals surface area (Å²) in [7, 11) is 0. The van der Waals surface area contributed by atoms with Gasteiger partial charge >= 0.3 is 0 Å². The first-order chi connectivity index (χ1) is 15.7. The lowest BCUT2D eigenvalue weighted by atomic mass is 9.85. The number of carbonyl (C=O) groups is 2. The number of benzene rings is 2. The van der Waals surface area contributed by atoms with Crippen molar-refractivity contribution in [2.24, 2.45) is 0 Å². The van der Waals surface area contributed by atoms with Crippen LogP contribution in [0.5, 0.6) is 0 Å². The Labute approximate surface area is 185 Å². The smallest absolute Gasteiger partial charge is 0.287 e. The van der Waals surface area contributed by atoms with Gasteiger partial charge in [0.25, 0.3) is 5.91 Å². The number of nitrogens with zero attached hydrogens (tertiary/aromatic N) is 1. The monoisotopic (exact) mass is 428 g/mol. The molecule has 1 unspecified atom stereocenters. The minimum absolute atomic E-state index is 0.165. The summed E-state index contributed by atoms with van der Waals surface area (Å²) in [6.07, 6.45) is 5.37. The number of imidazole rings is 1. The number of amides is 2. The summed E-state index contributed by atoms with van der Waals surface area (Å²) in [6, 6.07) is 17.6. The molecule has 0 spiro atoms. The number of hydrogen-bond donors (Lipinski definition) is 3. The predicted octanol–water partition coefficient (Wildman–Crippen LogP) is 4.40. The Morgan fingerprint density at radius 2 is 1.94 bits per heavy atom. The first-order valence-electron chi connectivity index (χ1n) is 10.8. The summed E-state index contributed by atoms with van der Waals surface area (Å²) in [5, 5.41) is 5.73. The van der Waals surface area contributed by atoms with Crippen LogP contribution in [0.4, 0.5) is 5.69 Å². The molecule has 0 radical (unpaired) electrons. The van der Waals surface area contributed by atoms with Crippen molar-refractivity contribution in [3.05, 3.63) is 84.1 Å². The fourth-order valence-corrected chi connectivity index (χ4v) is 3.91. The van der Waals surface area contributed by atoms with Crippen LogP contribution in [-0.2, 0) is 11.2 Å². The molecule has 1 aliphatic carbocycles. The Bertz CT molecular complexity index is 1230. The van der Waals surface area contributed by atoms with Crippen LogP contribution in [0.3, 0.4) is 0 Å². The van der Waals surface area contributed by atoms with Crippen molar-refractivity contribution in [1.29, 1.82) is 0 Å². The Balaban J connectivity index is 1.34. The van der Waals surface area contributed by atoms with Gasteiger partial charge < -0.3 is 20.0 Å². The highest BCUT2D eigenvalue weighted by Crippen LogP contribution is 2.35.